The van der Waals surface area contributed by atoms with Crippen molar-refractivity contribution < 1.29 is 9.21 Å². The Morgan fingerprint density at radius 1 is 1.18 bits per heavy atom. The number of unbranched alkanes of at least 4 members (excludes halogenated alkanes) is 2. The monoisotopic (exact) mass is 404 g/mol. The fourth-order valence-electron chi connectivity index (χ4n) is 3.65. The Labute approximate surface area is 175 Å². The average Bonchev–Trinajstić information content (AvgIpc) is 3.10. The van der Waals surface area contributed by atoms with Gasteiger partial charge in [0.1, 0.15) is 11.5 Å². The topological polar surface area (TPSA) is 45.5 Å². The molecule has 0 atom stereocenters. The predicted molar refractivity (Wildman–Crippen MR) is 116 cm³/mol. The molecular weight excluding hydrogens is 372 g/mol. The molecule has 1 N–H and O–H groups in total. The maximum Gasteiger partial charge on any atom is 0.222 e. The van der Waals surface area contributed by atoms with E-state index >= 15 is 0 Å². The molecule has 3 rings (SSSR count). The zero-order chi connectivity index (χ0) is 18.9. The minimum Gasteiger partial charge on any atom is -0.463 e. The SMILES string of the molecule is CCCNCc1cc2c(o1)CN(C(=O)CCCCCc1ccccc1)CC2.Cl. The van der Waals surface area contributed by atoms with Crippen molar-refractivity contribution in [2.24, 2.45) is 0 Å². The van der Waals surface area contributed by atoms with Gasteiger partial charge in [-0.05, 0) is 55.8 Å². The third-order valence-corrected chi connectivity index (χ3v) is 5.21. The lowest BCUT2D eigenvalue weighted by Gasteiger charge is -2.26. The highest BCUT2D eigenvalue weighted by atomic mass is 35.5. The van der Waals surface area contributed by atoms with Crippen molar-refractivity contribution in [1.29, 1.82) is 0 Å². The minimum absolute atomic E-state index is 0. The van der Waals surface area contributed by atoms with Crippen LogP contribution in [0.25, 0.3) is 0 Å². The van der Waals surface area contributed by atoms with E-state index < -0.39 is 0 Å². The summed E-state index contributed by atoms with van der Waals surface area (Å²) >= 11 is 0. The van der Waals surface area contributed by atoms with Gasteiger partial charge in [-0.15, -0.1) is 12.4 Å². The van der Waals surface area contributed by atoms with E-state index in [1.807, 2.05) is 4.90 Å². The Morgan fingerprint density at radius 3 is 2.79 bits per heavy atom. The molecule has 1 aliphatic rings. The normalized spacial score (nSPS) is 13.1. The fourth-order valence-corrected chi connectivity index (χ4v) is 3.65. The number of benzene rings is 1. The van der Waals surface area contributed by atoms with Gasteiger partial charge in [0.15, 0.2) is 0 Å². The summed E-state index contributed by atoms with van der Waals surface area (Å²) in [5.74, 6) is 2.23. The van der Waals surface area contributed by atoms with Crippen LogP contribution < -0.4 is 5.32 Å². The zero-order valence-electron chi connectivity index (χ0n) is 16.9. The van der Waals surface area contributed by atoms with E-state index in [0.29, 0.717) is 13.0 Å². The van der Waals surface area contributed by atoms with Crippen molar-refractivity contribution in [3.63, 3.8) is 0 Å². The first-order chi connectivity index (χ1) is 13.3. The van der Waals surface area contributed by atoms with Crippen LogP contribution in [0.1, 0.15) is 61.7 Å². The third-order valence-electron chi connectivity index (χ3n) is 5.21. The van der Waals surface area contributed by atoms with Gasteiger partial charge in [-0.25, -0.2) is 0 Å². The van der Waals surface area contributed by atoms with Gasteiger partial charge in [-0.1, -0.05) is 43.7 Å². The molecule has 1 aromatic carbocycles. The molecule has 4 nitrogen and oxygen atoms in total. The number of hydrogen-bond acceptors (Lipinski definition) is 3. The molecule has 0 unspecified atom stereocenters. The number of nitrogens with one attached hydrogen (secondary N) is 1. The summed E-state index contributed by atoms with van der Waals surface area (Å²) in [6.45, 7) is 5.38. The molecule has 0 saturated heterocycles. The highest BCUT2D eigenvalue weighted by Gasteiger charge is 2.23. The lowest BCUT2D eigenvalue weighted by Crippen LogP contribution is -2.35. The summed E-state index contributed by atoms with van der Waals surface area (Å²) in [6, 6.07) is 12.7. The summed E-state index contributed by atoms with van der Waals surface area (Å²) in [6.07, 6.45) is 7.00. The molecule has 0 spiro atoms. The number of halogens is 1. The number of nitrogens with zero attached hydrogens (tertiary/aromatic N) is 1. The number of rotatable bonds is 10. The number of amides is 1. The van der Waals surface area contributed by atoms with E-state index in [4.69, 9.17) is 4.42 Å². The number of carbonyl (C=O) groups is 1. The maximum atomic E-state index is 12.5. The Hall–Kier alpha value is -1.78. The van der Waals surface area contributed by atoms with Gasteiger partial charge in [0, 0.05) is 13.0 Å². The Kier molecular flexibility index (Phi) is 9.59. The third kappa shape index (κ3) is 6.68. The lowest BCUT2D eigenvalue weighted by atomic mass is 10.0. The van der Waals surface area contributed by atoms with Crippen LogP contribution in [-0.2, 0) is 30.7 Å². The molecule has 0 saturated carbocycles. The Balaban J connectivity index is 0.00000280. The van der Waals surface area contributed by atoms with Gasteiger partial charge >= 0.3 is 0 Å². The Bertz CT molecular complexity index is 715. The summed E-state index contributed by atoms with van der Waals surface area (Å²) in [7, 11) is 0. The molecule has 1 aromatic heterocycles. The second-order valence-electron chi connectivity index (χ2n) is 7.45. The molecule has 1 aliphatic heterocycles. The van der Waals surface area contributed by atoms with Crippen molar-refractivity contribution in [3.8, 4) is 0 Å². The van der Waals surface area contributed by atoms with Crippen molar-refractivity contribution in [3.05, 3.63) is 59.0 Å². The van der Waals surface area contributed by atoms with Gasteiger partial charge in [0.05, 0.1) is 13.1 Å². The van der Waals surface area contributed by atoms with Gasteiger partial charge in [-0.3, -0.25) is 4.79 Å². The summed E-state index contributed by atoms with van der Waals surface area (Å²) in [5, 5.41) is 3.37. The van der Waals surface area contributed by atoms with Crippen LogP contribution in [0.3, 0.4) is 0 Å². The fraction of sp³-hybridized carbons (Fsp3) is 0.522. The van der Waals surface area contributed by atoms with E-state index in [0.717, 1.165) is 69.7 Å². The van der Waals surface area contributed by atoms with Crippen molar-refractivity contribution >= 4 is 18.3 Å². The molecule has 5 heteroatoms. The molecule has 28 heavy (non-hydrogen) atoms. The van der Waals surface area contributed by atoms with Gasteiger partial charge in [0.25, 0.3) is 0 Å². The number of furan rings is 1. The van der Waals surface area contributed by atoms with Gasteiger partial charge < -0.3 is 14.6 Å². The number of hydrogen-bond donors (Lipinski definition) is 1. The van der Waals surface area contributed by atoms with E-state index in [9.17, 15) is 4.79 Å². The van der Waals surface area contributed by atoms with Gasteiger partial charge in [-0.2, -0.15) is 0 Å². The van der Waals surface area contributed by atoms with Crippen LogP contribution in [0.4, 0.5) is 0 Å². The molecular formula is C23H33ClN2O2. The van der Waals surface area contributed by atoms with Gasteiger partial charge in [0.2, 0.25) is 5.91 Å². The first-order valence-corrected chi connectivity index (χ1v) is 10.4. The molecule has 2 heterocycles. The highest BCUT2D eigenvalue weighted by molar-refractivity contribution is 5.85. The molecule has 154 valence electrons. The second kappa shape index (κ2) is 11.9. The maximum absolute atomic E-state index is 12.5. The molecule has 0 radical (unpaired) electrons. The van der Waals surface area contributed by atoms with E-state index in [-0.39, 0.29) is 18.3 Å². The van der Waals surface area contributed by atoms with E-state index in [2.05, 4.69) is 48.6 Å². The van der Waals surface area contributed by atoms with Crippen LogP contribution in [0.2, 0.25) is 0 Å². The largest absolute Gasteiger partial charge is 0.463 e. The summed E-state index contributed by atoms with van der Waals surface area (Å²) in [4.78, 5) is 14.5. The summed E-state index contributed by atoms with van der Waals surface area (Å²) in [5.41, 5.74) is 2.66. The first kappa shape index (κ1) is 22.5. The van der Waals surface area contributed by atoms with E-state index in [1.54, 1.807) is 0 Å². The lowest BCUT2D eigenvalue weighted by molar-refractivity contribution is -0.132. The average molecular weight is 405 g/mol. The second-order valence-corrected chi connectivity index (χ2v) is 7.45. The molecule has 2 aromatic rings. The van der Waals surface area contributed by atoms with Crippen LogP contribution in [0.15, 0.2) is 40.8 Å². The molecule has 0 aliphatic carbocycles. The minimum atomic E-state index is 0. The number of carbonyl (C=O) groups excluding carboxylic acids is 1. The smallest absolute Gasteiger partial charge is 0.222 e. The number of aryl methyl sites for hydroxylation is 1. The van der Waals surface area contributed by atoms with Crippen LogP contribution >= 0.6 is 12.4 Å². The van der Waals surface area contributed by atoms with Crippen LogP contribution in [0, 0.1) is 0 Å². The van der Waals surface area contributed by atoms with Crippen LogP contribution in [0.5, 0.6) is 0 Å². The quantitative estimate of drug-likeness (QED) is 0.573. The molecule has 0 fully saturated rings. The summed E-state index contributed by atoms with van der Waals surface area (Å²) < 4.78 is 5.97. The van der Waals surface area contributed by atoms with E-state index in [1.165, 1.54) is 11.1 Å². The van der Waals surface area contributed by atoms with Crippen LogP contribution in [-0.4, -0.2) is 23.9 Å². The predicted octanol–water partition coefficient (Wildman–Crippen LogP) is 4.89. The van der Waals surface area contributed by atoms with Crippen molar-refractivity contribution in [1.82, 2.24) is 10.2 Å². The number of fused-ring (bicyclic) bond motifs is 1. The zero-order valence-corrected chi connectivity index (χ0v) is 17.7. The van der Waals surface area contributed by atoms with Crippen molar-refractivity contribution in [2.45, 2.75) is 65.0 Å². The highest BCUT2D eigenvalue weighted by Crippen LogP contribution is 2.24. The molecule has 1 amide bonds. The van der Waals surface area contributed by atoms with Crippen molar-refractivity contribution in [2.75, 3.05) is 13.1 Å². The molecule has 0 bridgehead atoms. The standard InChI is InChI=1S/C23H32N2O2.ClH/c1-2-14-24-17-21-16-20-13-15-25(18-22(20)27-21)23(26)12-8-4-7-11-19-9-5-3-6-10-19;/h3,5-6,9-10,16,24H,2,4,7-8,11-15,17-18H2,1H3;1H. The first-order valence-electron chi connectivity index (χ1n) is 10.4. The Morgan fingerprint density at radius 2 is 2.00 bits per heavy atom.